The standard InChI is InChI=1S/C16H33NO2/c1-5-6-14-7-8-16(18)15(11-14)12-17(4)9-10-19-13(2)3/h13-16,18H,5-12H2,1-4H3. The predicted molar refractivity (Wildman–Crippen MR) is 80.3 cm³/mol. The summed E-state index contributed by atoms with van der Waals surface area (Å²) in [6, 6.07) is 0. The van der Waals surface area contributed by atoms with E-state index in [1.54, 1.807) is 0 Å². The first-order chi connectivity index (χ1) is 9.02. The summed E-state index contributed by atoms with van der Waals surface area (Å²) in [6.45, 7) is 9.15. The fraction of sp³-hybridized carbons (Fsp3) is 1.00. The van der Waals surface area contributed by atoms with Gasteiger partial charge in [-0.25, -0.2) is 0 Å². The maximum atomic E-state index is 10.2. The molecule has 0 aromatic heterocycles. The molecule has 3 unspecified atom stereocenters. The lowest BCUT2D eigenvalue weighted by Crippen LogP contribution is -2.38. The van der Waals surface area contributed by atoms with Gasteiger partial charge in [-0.3, -0.25) is 0 Å². The Morgan fingerprint density at radius 1 is 1.32 bits per heavy atom. The molecule has 0 heterocycles. The number of hydrogen-bond donors (Lipinski definition) is 1. The molecule has 0 radical (unpaired) electrons. The topological polar surface area (TPSA) is 32.7 Å². The summed E-state index contributed by atoms with van der Waals surface area (Å²) in [4.78, 5) is 2.31. The lowest BCUT2D eigenvalue weighted by Gasteiger charge is -2.35. The van der Waals surface area contributed by atoms with E-state index >= 15 is 0 Å². The van der Waals surface area contributed by atoms with Crippen molar-refractivity contribution in [1.82, 2.24) is 4.90 Å². The first-order valence-electron chi connectivity index (χ1n) is 8.01. The van der Waals surface area contributed by atoms with Crippen molar-refractivity contribution in [3.05, 3.63) is 0 Å². The minimum Gasteiger partial charge on any atom is -0.393 e. The Hall–Kier alpha value is -0.120. The molecule has 0 amide bonds. The third-order valence-electron chi connectivity index (χ3n) is 4.22. The normalized spacial score (nSPS) is 28.3. The van der Waals surface area contributed by atoms with Gasteiger partial charge in [0.05, 0.1) is 18.8 Å². The van der Waals surface area contributed by atoms with Crippen molar-refractivity contribution in [2.24, 2.45) is 11.8 Å². The molecule has 1 aliphatic rings. The molecular formula is C16H33NO2. The summed E-state index contributed by atoms with van der Waals surface area (Å²) in [5.41, 5.74) is 0. The largest absolute Gasteiger partial charge is 0.393 e. The van der Waals surface area contributed by atoms with Gasteiger partial charge < -0.3 is 14.7 Å². The Bertz CT molecular complexity index is 233. The minimum atomic E-state index is -0.0958. The van der Waals surface area contributed by atoms with Crippen LogP contribution in [0.3, 0.4) is 0 Å². The number of rotatable bonds is 8. The summed E-state index contributed by atoms with van der Waals surface area (Å²) in [5, 5.41) is 10.2. The highest BCUT2D eigenvalue weighted by Crippen LogP contribution is 2.32. The van der Waals surface area contributed by atoms with Gasteiger partial charge in [0.25, 0.3) is 0 Å². The number of hydrogen-bond acceptors (Lipinski definition) is 3. The van der Waals surface area contributed by atoms with Gasteiger partial charge in [-0.05, 0) is 52.0 Å². The van der Waals surface area contributed by atoms with E-state index in [0.29, 0.717) is 12.0 Å². The van der Waals surface area contributed by atoms with Gasteiger partial charge in [0.1, 0.15) is 0 Å². The third kappa shape index (κ3) is 6.73. The van der Waals surface area contributed by atoms with Crippen LogP contribution in [0.4, 0.5) is 0 Å². The maximum Gasteiger partial charge on any atom is 0.0596 e. The molecule has 0 saturated heterocycles. The molecule has 1 saturated carbocycles. The van der Waals surface area contributed by atoms with Gasteiger partial charge in [0, 0.05) is 13.1 Å². The van der Waals surface area contributed by atoms with Crippen molar-refractivity contribution in [2.75, 3.05) is 26.7 Å². The molecule has 0 aliphatic heterocycles. The second-order valence-corrected chi connectivity index (χ2v) is 6.48. The number of ether oxygens (including phenoxy) is 1. The van der Waals surface area contributed by atoms with Crippen molar-refractivity contribution in [1.29, 1.82) is 0 Å². The van der Waals surface area contributed by atoms with Crippen molar-refractivity contribution >= 4 is 0 Å². The number of aliphatic hydroxyl groups is 1. The number of aliphatic hydroxyl groups excluding tert-OH is 1. The van der Waals surface area contributed by atoms with E-state index in [9.17, 15) is 5.11 Å². The van der Waals surface area contributed by atoms with Gasteiger partial charge in [0.15, 0.2) is 0 Å². The second-order valence-electron chi connectivity index (χ2n) is 6.48. The second kappa shape index (κ2) is 8.93. The molecule has 1 rings (SSSR count). The molecule has 3 atom stereocenters. The van der Waals surface area contributed by atoms with Crippen LogP contribution in [0.5, 0.6) is 0 Å². The molecule has 1 fully saturated rings. The highest BCUT2D eigenvalue weighted by molar-refractivity contribution is 4.81. The molecule has 3 nitrogen and oxygen atoms in total. The van der Waals surface area contributed by atoms with E-state index in [4.69, 9.17) is 4.74 Å². The summed E-state index contributed by atoms with van der Waals surface area (Å²) >= 11 is 0. The lowest BCUT2D eigenvalue weighted by molar-refractivity contribution is 0.0186. The van der Waals surface area contributed by atoms with Crippen LogP contribution in [0.15, 0.2) is 0 Å². The molecule has 1 aliphatic carbocycles. The molecule has 0 spiro atoms. The highest BCUT2D eigenvalue weighted by Gasteiger charge is 2.29. The molecule has 19 heavy (non-hydrogen) atoms. The first kappa shape index (κ1) is 16.9. The third-order valence-corrected chi connectivity index (χ3v) is 4.22. The van der Waals surface area contributed by atoms with Crippen LogP contribution in [0.25, 0.3) is 0 Å². The van der Waals surface area contributed by atoms with Gasteiger partial charge >= 0.3 is 0 Å². The van der Waals surface area contributed by atoms with Gasteiger partial charge in [-0.15, -0.1) is 0 Å². The van der Waals surface area contributed by atoms with Crippen LogP contribution in [0, 0.1) is 11.8 Å². The van der Waals surface area contributed by atoms with E-state index in [-0.39, 0.29) is 6.10 Å². The molecule has 0 bridgehead atoms. The van der Waals surface area contributed by atoms with Crippen LogP contribution in [-0.4, -0.2) is 49.0 Å². The zero-order valence-corrected chi connectivity index (χ0v) is 13.3. The van der Waals surface area contributed by atoms with Crippen LogP contribution in [0.1, 0.15) is 52.9 Å². The first-order valence-corrected chi connectivity index (χ1v) is 8.01. The summed E-state index contributed by atoms with van der Waals surface area (Å²) < 4.78 is 5.58. The molecule has 114 valence electrons. The van der Waals surface area contributed by atoms with Gasteiger partial charge in [-0.2, -0.15) is 0 Å². The van der Waals surface area contributed by atoms with Crippen LogP contribution >= 0.6 is 0 Å². The van der Waals surface area contributed by atoms with Crippen molar-refractivity contribution in [3.8, 4) is 0 Å². The van der Waals surface area contributed by atoms with Gasteiger partial charge in [-0.1, -0.05) is 19.8 Å². The smallest absolute Gasteiger partial charge is 0.0596 e. The van der Waals surface area contributed by atoms with Crippen molar-refractivity contribution < 1.29 is 9.84 Å². The van der Waals surface area contributed by atoms with Crippen LogP contribution < -0.4 is 0 Å². The predicted octanol–water partition coefficient (Wildman–Crippen LogP) is 2.92. The monoisotopic (exact) mass is 271 g/mol. The maximum absolute atomic E-state index is 10.2. The fourth-order valence-electron chi connectivity index (χ4n) is 3.15. The van der Waals surface area contributed by atoms with E-state index in [1.165, 1.54) is 25.7 Å². The Balaban J connectivity index is 2.28. The van der Waals surface area contributed by atoms with Crippen LogP contribution in [-0.2, 0) is 4.74 Å². The zero-order valence-electron chi connectivity index (χ0n) is 13.3. The van der Waals surface area contributed by atoms with E-state index in [0.717, 1.165) is 32.0 Å². The Kier molecular flexibility index (Phi) is 7.96. The number of nitrogens with zero attached hydrogens (tertiary/aromatic N) is 1. The Labute approximate surface area is 119 Å². The average Bonchev–Trinajstić information content (AvgIpc) is 2.33. The Morgan fingerprint density at radius 2 is 2.05 bits per heavy atom. The average molecular weight is 271 g/mol. The molecular weight excluding hydrogens is 238 g/mol. The van der Waals surface area contributed by atoms with Crippen molar-refractivity contribution in [2.45, 2.75) is 65.1 Å². The fourth-order valence-corrected chi connectivity index (χ4v) is 3.15. The molecule has 0 aromatic rings. The minimum absolute atomic E-state index is 0.0958. The Morgan fingerprint density at radius 3 is 2.68 bits per heavy atom. The van der Waals surface area contributed by atoms with Gasteiger partial charge in [0.2, 0.25) is 0 Å². The SMILES string of the molecule is CCCC1CCC(O)C(CN(C)CCOC(C)C)C1. The van der Waals surface area contributed by atoms with E-state index < -0.39 is 0 Å². The molecule has 3 heteroatoms. The van der Waals surface area contributed by atoms with E-state index in [1.807, 2.05) is 0 Å². The summed E-state index contributed by atoms with van der Waals surface area (Å²) in [6.07, 6.45) is 6.21. The number of likely N-dealkylation sites (N-methyl/N-ethyl adjacent to an activating group) is 1. The van der Waals surface area contributed by atoms with E-state index in [2.05, 4.69) is 32.7 Å². The van der Waals surface area contributed by atoms with Crippen molar-refractivity contribution in [3.63, 3.8) is 0 Å². The molecule has 0 aromatic carbocycles. The molecule has 1 N–H and O–H groups in total. The van der Waals surface area contributed by atoms with Crippen LogP contribution in [0.2, 0.25) is 0 Å². The summed E-state index contributed by atoms with van der Waals surface area (Å²) in [5.74, 6) is 1.29. The quantitative estimate of drug-likeness (QED) is 0.737. The lowest BCUT2D eigenvalue weighted by atomic mass is 9.77. The zero-order chi connectivity index (χ0) is 14.3. The highest BCUT2D eigenvalue weighted by atomic mass is 16.5. The summed E-state index contributed by atoms with van der Waals surface area (Å²) in [7, 11) is 2.14.